The van der Waals surface area contributed by atoms with Gasteiger partial charge < -0.3 is 15.9 Å². The van der Waals surface area contributed by atoms with Gasteiger partial charge in [0, 0.05) is 39.7 Å². The van der Waals surface area contributed by atoms with E-state index in [1.807, 2.05) is 37.3 Å². The minimum atomic E-state index is -0.770. The van der Waals surface area contributed by atoms with Gasteiger partial charge >= 0.3 is 0 Å². The van der Waals surface area contributed by atoms with Gasteiger partial charge in [-0.1, -0.05) is 35.9 Å². The van der Waals surface area contributed by atoms with Gasteiger partial charge in [-0.25, -0.2) is 5.53 Å². The van der Waals surface area contributed by atoms with Crippen LogP contribution < -0.4 is 5.84 Å². The molecule has 5 N–H and O–H groups in total. The number of nitrogens with one attached hydrogen (secondary N) is 2. The Kier molecular flexibility index (Phi) is 5.56. The number of aromatic nitrogens is 1. The lowest BCUT2D eigenvalue weighted by Crippen LogP contribution is -2.11. The Labute approximate surface area is 166 Å². The number of amidine groups is 1. The van der Waals surface area contributed by atoms with Crippen LogP contribution in [0.15, 0.2) is 58.8 Å². The van der Waals surface area contributed by atoms with Crippen LogP contribution in [-0.2, 0) is 11.2 Å². The van der Waals surface area contributed by atoms with Crippen LogP contribution in [0.4, 0.5) is 0 Å². The summed E-state index contributed by atoms with van der Waals surface area (Å²) >= 11 is 6.13. The van der Waals surface area contributed by atoms with E-state index in [-0.39, 0.29) is 5.76 Å². The van der Waals surface area contributed by atoms with Crippen molar-refractivity contribution in [2.45, 2.75) is 13.3 Å². The van der Waals surface area contributed by atoms with Crippen LogP contribution in [0.3, 0.4) is 0 Å². The van der Waals surface area contributed by atoms with Gasteiger partial charge in [0.05, 0.1) is 0 Å². The Balaban J connectivity index is 2.16. The molecule has 0 fully saturated rings. The van der Waals surface area contributed by atoms with Crippen molar-refractivity contribution in [2.75, 3.05) is 0 Å². The van der Waals surface area contributed by atoms with E-state index >= 15 is 0 Å². The molecular weight excluding hydrogens is 378 g/mol. The third-order valence-corrected chi connectivity index (χ3v) is 4.67. The second-order valence-electron chi connectivity index (χ2n) is 6.23. The number of hydrazone groups is 1. The number of carbonyl (C=O) groups excluding carboxylic acids is 1. The molecule has 0 aliphatic carbocycles. The molecule has 142 valence electrons. The molecule has 0 atom stereocenters. The standard InChI is InChI=1S/C20H18ClN5O2/c1-11-4-2-3-5-12(11)8-16-19(14-9-13(21)6-7-15(14)24-16)17(27)10-18(28)20(25-22)26-23/h2-7,9-10,22,24,27H,8,23H2,1H3. The number of aromatic amines is 1. The van der Waals surface area contributed by atoms with Crippen molar-refractivity contribution in [1.82, 2.24) is 4.98 Å². The highest BCUT2D eigenvalue weighted by atomic mass is 35.5. The highest BCUT2D eigenvalue weighted by molar-refractivity contribution is 6.44. The summed E-state index contributed by atoms with van der Waals surface area (Å²) in [7, 11) is 0. The Morgan fingerprint density at radius 1 is 1.32 bits per heavy atom. The molecule has 0 radical (unpaired) electrons. The Hall–Kier alpha value is -3.45. The van der Waals surface area contributed by atoms with E-state index in [9.17, 15) is 9.90 Å². The number of nitrogens with two attached hydrogens (primary N) is 1. The Bertz CT molecular complexity index is 1130. The van der Waals surface area contributed by atoms with Crippen molar-refractivity contribution in [2.24, 2.45) is 16.1 Å². The number of halogens is 1. The normalized spacial score (nSPS) is 12.4. The van der Waals surface area contributed by atoms with Crippen molar-refractivity contribution in [3.8, 4) is 0 Å². The third kappa shape index (κ3) is 3.79. The number of rotatable bonds is 5. The molecule has 1 aromatic heterocycles. The number of aryl methyl sites for hydroxylation is 1. The molecule has 7 nitrogen and oxygen atoms in total. The van der Waals surface area contributed by atoms with Gasteiger partial charge in [0.2, 0.25) is 11.6 Å². The second-order valence-corrected chi connectivity index (χ2v) is 6.67. The maximum absolute atomic E-state index is 12.1. The van der Waals surface area contributed by atoms with Crippen LogP contribution in [0.5, 0.6) is 0 Å². The molecule has 0 spiro atoms. The molecule has 1 heterocycles. The Morgan fingerprint density at radius 3 is 2.75 bits per heavy atom. The third-order valence-electron chi connectivity index (χ3n) is 4.44. The number of nitrogens with zero attached hydrogens (tertiary/aromatic N) is 2. The van der Waals surface area contributed by atoms with E-state index in [2.05, 4.69) is 15.2 Å². The SMILES string of the molecule is Cc1ccccc1Cc1[nH]c2ccc(Cl)cc2c1C(O)=CC(=O)C(N=N)=NN. The van der Waals surface area contributed by atoms with E-state index in [0.29, 0.717) is 22.4 Å². The first-order valence-electron chi connectivity index (χ1n) is 8.40. The lowest BCUT2D eigenvalue weighted by Gasteiger charge is -2.07. The number of fused-ring (bicyclic) bond motifs is 1. The number of H-pyrrole nitrogens is 1. The molecule has 0 saturated carbocycles. The molecule has 0 amide bonds. The van der Waals surface area contributed by atoms with Crippen molar-refractivity contribution in [1.29, 1.82) is 5.53 Å². The van der Waals surface area contributed by atoms with Crippen LogP contribution in [0.25, 0.3) is 16.7 Å². The number of hydrogen-bond acceptors (Lipinski definition) is 5. The van der Waals surface area contributed by atoms with Crippen molar-refractivity contribution >= 4 is 39.9 Å². The molecule has 0 aliphatic heterocycles. The largest absolute Gasteiger partial charge is 0.507 e. The van der Waals surface area contributed by atoms with Crippen molar-refractivity contribution < 1.29 is 9.90 Å². The van der Waals surface area contributed by atoms with Crippen LogP contribution >= 0.6 is 11.6 Å². The smallest absolute Gasteiger partial charge is 0.239 e. The van der Waals surface area contributed by atoms with Gasteiger partial charge in [-0.2, -0.15) is 5.10 Å². The quantitative estimate of drug-likeness (QED) is 0.0965. The van der Waals surface area contributed by atoms with Gasteiger partial charge in [-0.15, -0.1) is 5.11 Å². The van der Waals surface area contributed by atoms with Crippen molar-refractivity contribution in [3.63, 3.8) is 0 Å². The summed E-state index contributed by atoms with van der Waals surface area (Å²) in [5, 5.41) is 18.0. The number of aliphatic hydroxyl groups excluding tert-OH is 1. The van der Waals surface area contributed by atoms with Gasteiger partial charge in [0.25, 0.3) is 0 Å². The van der Waals surface area contributed by atoms with E-state index in [4.69, 9.17) is 23.0 Å². The van der Waals surface area contributed by atoms with Gasteiger partial charge in [-0.3, -0.25) is 4.79 Å². The number of carbonyl (C=O) groups is 1. The fourth-order valence-corrected chi connectivity index (χ4v) is 3.22. The summed E-state index contributed by atoms with van der Waals surface area (Å²) in [6.45, 7) is 2.01. The van der Waals surface area contributed by atoms with E-state index in [0.717, 1.165) is 28.4 Å². The molecule has 0 saturated heterocycles. The minimum Gasteiger partial charge on any atom is -0.507 e. The maximum Gasteiger partial charge on any atom is 0.239 e. The zero-order chi connectivity index (χ0) is 20.3. The first-order chi connectivity index (χ1) is 13.4. The predicted octanol–water partition coefficient (Wildman–Crippen LogP) is 4.49. The lowest BCUT2D eigenvalue weighted by molar-refractivity contribution is -0.109. The Morgan fingerprint density at radius 2 is 2.07 bits per heavy atom. The second kappa shape index (κ2) is 8.06. The number of hydrogen-bond donors (Lipinski definition) is 4. The number of aliphatic hydroxyl groups is 1. The van der Waals surface area contributed by atoms with Crippen LogP contribution in [0.1, 0.15) is 22.4 Å². The van der Waals surface area contributed by atoms with Crippen LogP contribution in [0.2, 0.25) is 5.02 Å². The summed E-state index contributed by atoms with van der Waals surface area (Å²) in [4.78, 5) is 15.4. The predicted molar refractivity (Wildman–Crippen MR) is 110 cm³/mol. The molecule has 3 aromatic rings. The maximum atomic E-state index is 12.1. The van der Waals surface area contributed by atoms with E-state index in [1.165, 1.54) is 0 Å². The topological polar surface area (TPSA) is 128 Å². The minimum absolute atomic E-state index is 0.285. The van der Waals surface area contributed by atoms with Gasteiger partial charge in [0.1, 0.15) is 5.76 Å². The number of benzene rings is 2. The fourth-order valence-electron chi connectivity index (χ4n) is 3.05. The van der Waals surface area contributed by atoms with E-state index in [1.54, 1.807) is 12.1 Å². The summed E-state index contributed by atoms with van der Waals surface area (Å²) in [5.74, 6) is 3.49. The van der Waals surface area contributed by atoms with E-state index < -0.39 is 11.6 Å². The van der Waals surface area contributed by atoms with Crippen molar-refractivity contribution in [3.05, 3.63) is 75.9 Å². The zero-order valence-corrected chi connectivity index (χ0v) is 15.8. The highest BCUT2D eigenvalue weighted by Crippen LogP contribution is 2.31. The zero-order valence-electron chi connectivity index (χ0n) is 15.0. The van der Waals surface area contributed by atoms with Gasteiger partial charge in [-0.05, 0) is 36.2 Å². The first kappa shape index (κ1) is 19.3. The molecule has 0 bridgehead atoms. The van der Waals surface area contributed by atoms with Crippen LogP contribution in [-0.4, -0.2) is 21.7 Å². The molecule has 0 aliphatic rings. The summed E-state index contributed by atoms with van der Waals surface area (Å²) in [6, 6.07) is 13.2. The molecular formula is C20H18ClN5O2. The molecule has 3 rings (SSSR count). The number of ketones is 1. The lowest BCUT2D eigenvalue weighted by atomic mass is 10.00. The summed E-state index contributed by atoms with van der Waals surface area (Å²) < 4.78 is 0. The fraction of sp³-hybridized carbons (Fsp3) is 0.100. The van der Waals surface area contributed by atoms with Gasteiger partial charge in [0.15, 0.2) is 0 Å². The molecule has 2 aromatic carbocycles. The summed E-state index contributed by atoms with van der Waals surface area (Å²) in [5.41, 5.74) is 11.1. The first-order valence-corrected chi connectivity index (χ1v) is 8.77. The summed E-state index contributed by atoms with van der Waals surface area (Å²) in [6.07, 6.45) is 1.47. The molecule has 0 unspecified atom stereocenters. The average molecular weight is 396 g/mol. The van der Waals surface area contributed by atoms with Crippen LogP contribution in [0, 0.1) is 12.5 Å². The highest BCUT2D eigenvalue weighted by Gasteiger charge is 2.19. The average Bonchev–Trinajstić information content (AvgIpc) is 3.01. The molecule has 8 heteroatoms. The monoisotopic (exact) mass is 395 g/mol. The molecule has 28 heavy (non-hydrogen) atoms.